The van der Waals surface area contributed by atoms with E-state index in [2.05, 4.69) is 20.8 Å². The molecule has 0 saturated carbocycles. The van der Waals surface area contributed by atoms with Gasteiger partial charge in [0.15, 0.2) is 5.78 Å². The second-order valence-corrected chi connectivity index (χ2v) is 12.3. The monoisotopic (exact) mass is 566 g/mol. The van der Waals surface area contributed by atoms with Crippen molar-refractivity contribution in [3.8, 4) is 0 Å². The van der Waals surface area contributed by atoms with Crippen LogP contribution in [-0.4, -0.2) is 33.8 Å². The molecule has 0 bridgehead atoms. The number of imidazole rings is 1. The number of benzene rings is 1. The Bertz CT molecular complexity index is 1390. The summed E-state index contributed by atoms with van der Waals surface area (Å²) >= 11 is 0. The van der Waals surface area contributed by atoms with Gasteiger partial charge in [-0.05, 0) is 68.1 Å². The van der Waals surface area contributed by atoms with Gasteiger partial charge in [-0.25, -0.2) is 13.8 Å². The SMILES string of the molecule is CC(C)C.O=C(C1=C[CH]1)C1=CCC2(CC1)C(=O)N(Cc1nc3c(n1CC(F)(F)CCF)CCCC3)c1ccccc12. The molecule has 41 heavy (non-hydrogen) atoms. The number of hydrogen-bond acceptors (Lipinski definition) is 3. The molecule has 4 aliphatic rings. The topological polar surface area (TPSA) is 55.2 Å². The third kappa shape index (κ3) is 5.93. The molecule has 1 aliphatic heterocycles. The molecule has 3 aliphatic carbocycles. The number of alkyl halides is 3. The van der Waals surface area contributed by atoms with E-state index in [1.54, 1.807) is 22.0 Å². The molecular formula is C33H39F3N3O2. The molecule has 219 valence electrons. The number of para-hydroxylation sites is 1. The maximum Gasteiger partial charge on any atom is 0.268 e. The maximum absolute atomic E-state index is 14.6. The van der Waals surface area contributed by atoms with Gasteiger partial charge in [-0.1, -0.05) is 51.1 Å². The zero-order valence-electron chi connectivity index (χ0n) is 24.2. The number of halogens is 3. The second kappa shape index (κ2) is 11.6. The van der Waals surface area contributed by atoms with Crippen LogP contribution in [0.2, 0.25) is 0 Å². The normalized spacial score (nSPS) is 21.2. The van der Waals surface area contributed by atoms with Gasteiger partial charge in [-0.2, -0.15) is 0 Å². The highest BCUT2D eigenvalue weighted by molar-refractivity contribution is 6.14. The minimum Gasteiger partial charge on any atom is -0.324 e. The van der Waals surface area contributed by atoms with E-state index >= 15 is 0 Å². The van der Waals surface area contributed by atoms with Gasteiger partial charge >= 0.3 is 0 Å². The van der Waals surface area contributed by atoms with Crippen molar-refractivity contribution in [2.24, 2.45) is 5.92 Å². The van der Waals surface area contributed by atoms with Gasteiger partial charge in [0, 0.05) is 29.8 Å². The molecule has 1 amide bonds. The molecular weight excluding hydrogens is 527 g/mol. The Morgan fingerprint density at radius 3 is 2.49 bits per heavy atom. The molecule has 0 N–H and O–H groups in total. The number of Topliss-reactive ketones (excluding diaryl/α,β-unsaturated/α-hetero) is 1. The van der Waals surface area contributed by atoms with E-state index in [9.17, 15) is 22.8 Å². The van der Waals surface area contributed by atoms with Crippen LogP contribution < -0.4 is 4.90 Å². The standard InChI is InChI=1S/C29H29F3N3O2.C4H10/c30-16-15-29(31,32)18-35-24-8-4-2-6-22(24)33-25(35)17-34-23-7-3-1-5-21(23)28(27(34)37)13-11-20(12-14-28)26(36)19-9-10-19;1-4(2)3/h1,3,5,7,9-11H,2,4,6,8,12-18H2;4H,1-3H3. The highest BCUT2D eigenvalue weighted by atomic mass is 19.3. The van der Waals surface area contributed by atoms with E-state index in [1.807, 2.05) is 30.3 Å². The number of ketones is 1. The van der Waals surface area contributed by atoms with Gasteiger partial charge in [0.25, 0.3) is 5.92 Å². The van der Waals surface area contributed by atoms with Crippen LogP contribution in [0.3, 0.4) is 0 Å². The number of carbonyl (C=O) groups excluding carboxylic acids is 2. The van der Waals surface area contributed by atoms with Crippen LogP contribution in [-0.2, 0) is 40.9 Å². The van der Waals surface area contributed by atoms with Crippen molar-refractivity contribution >= 4 is 17.4 Å². The molecule has 0 fully saturated rings. The van der Waals surface area contributed by atoms with Crippen molar-refractivity contribution in [1.82, 2.24) is 9.55 Å². The van der Waals surface area contributed by atoms with Crippen LogP contribution in [0.25, 0.3) is 0 Å². The zero-order chi connectivity index (χ0) is 29.4. The number of fused-ring (bicyclic) bond motifs is 3. The Labute approximate surface area is 240 Å². The first-order valence-electron chi connectivity index (χ1n) is 14.8. The fourth-order valence-corrected chi connectivity index (χ4v) is 6.18. The number of hydrogen-bond donors (Lipinski definition) is 0. The third-order valence-corrected chi connectivity index (χ3v) is 8.23. The molecule has 5 nitrogen and oxygen atoms in total. The van der Waals surface area contributed by atoms with Crippen molar-refractivity contribution < 1.29 is 22.8 Å². The van der Waals surface area contributed by atoms with Gasteiger partial charge in [0.2, 0.25) is 5.91 Å². The number of rotatable bonds is 8. The lowest BCUT2D eigenvalue weighted by Crippen LogP contribution is -2.42. The molecule has 1 spiro atoms. The lowest BCUT2D eigenvalue weighted by molar-refractivity contribution is -0.124. The van der Waals surface area contributed by atoms with Crippen LogP contribution in [0.1, 0.15) is 82.1 Å². The number of anilines is 1. The summed E-state index contributed by atoms with van der Waals surface area (Å²) in [4.78, 5) is 33.0. The van der Waals surface area contributed by atoms with Crippen LogP contribution in [0, 0.1) is 12.3 Å². The van der Waals surface area contributed by atoms with Gasteiger partial charge in [-0.3, -0.25) is 14.0 Å². The molecule has 1 unspecified atom stereocenters. The summed E-state index contributed by atoms with van der Waals surface area (Å²) in [6, 6.07) is 7.62. The largest absolute Gasteiger partial charge is 0.324 e. The van der Waals surface area contributed by atoms with Crippen molar-refractivity contribution in [1.29, 1.82) is 0 Å². The maximum atomic E-state index is 14.6. The van der Waals surface area contributed by atoms with Crippen molar-refractivity contribution in [2.75, 3.05) is 11.6 Å². The summed E-state index contributed by atoms with van der Waals surface area (Å²) < 4.78 is 43.6. The van der Waals surface area contributed by atoms with Gasteiger partial charge < -0.3 is 9.47 Å². The van der Waals surface area contributed by atoms with Crippen LogP contribution in [0.5, 0.6) is 0 Å². The summed E-state index contributed by atoms with van der Waals surface area (Å²) in [5.74, 6) is -2.00. The first-order valence-corrected chi connectivity index (χ1v) is 14.8. The fourth-order valence-electron chi connectivity index (χ4n) is 6.18. The molecule has 2 heterocycles. The summed E-state index contributed by atoms with van der Waals surface area (Å²) in [6.07, 6.45) is 9.31. The van der Waals surface area contributed by atoms with Gasteiger partial charge in [0.1, 0.15) is 5.82 Å². The Morgan fingerprint density at radius 1 is 1.12 bits per heavy atom. The van der Waals surface area contributed by atoms with Crippen molar-refractivity contribution in [2.45, 2.75) is 96.6 Å². The predicted molar refractivity (Wildman–Crippen MR) is 154 cm³/mol. The number of nitrogens with zero attached hydrogens (tertiary/aromatic N) is 3. The number of amides is 1. The van der Waals surface area contributed by atoms with E-state index in [0.29, 0.717) is 37.9 Å². The second-order valence-electron chi connectivity index (χ2n) is 12.3. The lowest BCUT2D eigenvalue weighted by atomic mass is 9.70. The third-order valence-electron chi connectivity index (χ3n) is 8.23. The summed E-state index contributed by atoms with van der Waals surface area (Å²) in [7, 11) is 0. The quantitative estimate of drug-likeness (QED) is 0.345. The minimum atomic E-state index is -3.20. The molecule has 0 saturated heterocycles. The fraction of sp³-hybridized carbons (Fsp3) is 0.515. The van der Waals surface area contributed by atoms with Crippen molar-refractivity contribution in [3.05, 3.63) is 76.8 Å². The van der Waals surface area contributed by atoms with E-state index in [1.165, 1.54) is 0 Å². The molecule has 1 aromatic heterocycles. The molecule has 1 atom stereocenters. The van der Waals surface area contributed by atoms with E-state index in [0.717, 1.165) is 52.5 Å². The minimum absolute atomic E-state index is 0.0345. The van der Waals surface area contributed by atoms with Crippen molar-refractivity contribution in [3.63, 3.8) is 0 Å². The Balaban J connectivity index is 0.000000794. The van der Waals surface area contributed by atoms with E-state index in [4.69, 9.17) is 4.98 Å². The molecule has 8 heteroatoms. The number of carbonyl (C=O) groups is 2. The smallest absolute Gasteiger partial charge is 0.268 e. The molecule has 2 aromatic rings. The van der Waals surface area contributed by atoms with Crippen LogP contribution >= 0.6 is 0 Å². The zero-order valence-corrected chi connectivity index (χ0v) is 24.2. The van der Waals surface area contributed by atoms with Crippen LogP contribution in [0.4, 0.5) is 18.9 Å². The Hall–Kier alpha value is -3.16. The van der Waals surface area contributed by atoms with E-state index < -0.39 is 31.0 Å². The predicted octanol–water partition coefficient (Wildman–Crippen LogP) is 7.03. The van der Waals surface area contributed by atoms with Gasteiger partial charge in [0.05, 0.1) is 30.9 Å². The lowest BCUT2D eigenvalue weighted by Gasteiger charge is -2.31. The summed E-state index contributed by atoms with van der Waals surface area (Å²) in [5.41, 5.74) is 3.95. The van der Waals surface area contributed by atoms with Crippen LogP contribution in [0.15, 0.2) is 47.6 Å². The molecule has 1 aromatic carbocycles. The Kier molecular flexibility index (Phi) is 8.31. The van der Waals surface area contributed by atoms with Gasteiger partial charge in [-0.15, -0.1) is 0 Å². The molecule has 1 radical (unpaired) electrons. The summed E-state index contributed by atoms with van der Waals surface area (Å²) in [5, 5.41) is 0. The number of aryl methyl sites for hydroxylation is 1. The summed E-state index contributed by atoms with van der Waals surface area (Å²) in [6.45, 7) is 4.85. The van der Waals surface area contributed by atoms with E-state index in [-0.39, 0.29) is 18.2 Å². The average Bonchev–Trinajstić information content (AvgIpc) is 3.70. The number of aromatic nitrogens is 2. The number of allylic oxidation sites excluding steroid dienone is 4. The highest BCUT2D eigenvalue weighted by Crippen LogP contribution is 2.50. The highest BCUT2D eigenvalue weighted by Gasteiger charge is 2.51. The first-order chi connectivity index (χ1) is 19.6. The first kappa shape index (κ1) is 29.3. The molecule has 6 rings (SSSR count). The average molecular weight is 567 g/mol. The Morgan fingerprint density at radius 2 is 1.83 bits per heavy atom.